The standard InChI is InChI=1S/C10H9N3/c1-2-4-10-9(3-1)11-7-8-5-6-12-13(8)10/h1-6,11H,7H2. The van der Waals surface area contributed by atoms with Crippen molar-refractivity contribution >= 4 is 5.69 Å². The van der Waals surface area contributed by atoms with Gasteiger partial charge in [0.15, 0.2) is 0 Å². The lowest BCUT2D eigenvalue weighted by Crippen LogP contribution is -2.15. The number of fused-ring (bicyclic) bond motifs is 3. The smallest absolute Gasteiger partial charge is 0.0880 e. The van der Waals surface area contributed by atoms with Gasteiger partial charge in [-0.1, -0.05) is 12.1 Å². The highest BCUT2D eigenvalue weighted by atomic mass is 15.3. The van der Waals surface area contributed by atoms with Crippen molar-refractivity contribution in [2.45, 2.75) is 6.54 Å². The van der Waals surface area contributed by atoms with Crippen LogP contribution in [-0.2, 0) is 6.54 Å². The fourth-order valence-electron chi connectivity index (χ4n) is 1.68. The minimum Gasteiger partial charge on any atom is -0.378 e. The summed E-state index contributed by atoms with van der Waals surface area (Å²) in [6, 6.07) is 10.2. The highest BCUT2D eigenvalue weighted by molar-refractivity contribution is 5.63. The van der Waals surface area contributed by atoms with E-state index >= 15 is 0 Å². The van der Waals surface area contributed by atoms with E-state index in [4.69, 9.17) is 0 Å². The van der Waals surface area contributed by atoms with E-state index < -0.39 is 0 Å². The molecule has 0 atom stereocenters. The molecule has 0 aliphatic carbocycles. The summed E-state index contributed by atoms with van der Waals surface area (Å²) in [5, 5.41) is 7.62. The lowest BCUT2D eigenvalue weighted by molar-refractivity contribution is 0.796. The normalized spacial score (nSPS) is 12.9. The molecule has 0 saturated heterocycles. The van der Waals surface area contributed by atoms with E-state index in [1.54, 1.807) is 0 Å². The molecule has 0 unspecified atom stereocenters. The van der Waals surface area contributed by atoms with Gasteiger partial charge in [0.05, 0.1) is 23.6 Å². The van der Waals surface area contributed by atoms with E-state index in [1.807, 2.05) is 29.1 Å². The summed E-state index contributed by atoms with van der Waals surface area (Å²) in [4.78, 5) is 0. The predicted molar refractivity (Wildman–Crippen MR) is 50.9 cm³/mol. The number of hydrogen-bond donors (Lipinski definition) is 1. The predicted octanol–water partition coefficient (Wildman–Crippen LogP) is 1.80. The van der Waals surface area contributed by atoms with Gasteiger partial charge in [-0.2, -0.15) is 5.10 Å². The average molecular weight is 171 g/mol. The molecule has 1 aliphatic rings. The Morgan fingerprint density at radius 3 is 3.15 bits per heavy atom. The Balaban J connectivity index is 2.30. The number of nitrogens with zero attached hydrogens (tertiary/aromatic N) is 2. The molecule has 64 valence electrons. The van der Waals surface area contributed by atoms with E-state index in [2.05, 4.69) is 22.5 Å². The summed E-state index contributed by atoms with van der Waals surface area (Å²) < 4.78 is 1.98. The van der Waals surface area contributed by atoms with E-state index in [9.17, 15) is 0 Å². The second-order valence-corrected chi connectivity index (χ2v) is 3.11. The molecular formula is C10H9N3. The van der Waals surface area contributed by atoms with Crippen LogP contribution in [-0.4, -0.2) is 9.78 Å². The van der Waals surface area contributed by atoms with Crippen molar-refractivity contribution in [1.82, 2.24) is 9.78 Å². The molecule has 1 aliphatic heterocycles. The monoisotopic (exact) mass is 171 g/mol. The lowest BCUT2D eigenvalue weighted by atomic mass is 10.2. The molecule has 0 amide bonds. The molecule has 2 heterocycles. The highest BCUT2D eigenvalue weighted by Gasteiger charge is 2.13. The lowest BCUT2D eigenvalue weighted by Gasteiger charge is -2.19. The Morgan fingerprint density at radius 1 is 1.23 bits per heavy atom. The first-order valence-electron chi connectivity index (χ1n) is 4.31. The Bertz CT molecular complexity index is 445. The minimum absolute atomic E-state index is 0.858. The average Bonchev–Trinajstić information content (AvgIpc) is 2.65. The van der Waals surface area contributed by atoms with Gasteiger partial charge in [0.2, 0.25) is 0 Å². The summed E-state index contributed by atoms with van der Waals surface area (Å²) in [7, 11) is 0. The molecule has 0 spiro atoms. The van der Waals surface area contributed by atoms with Gasteiger partial charge < -0.3 is 5.32 Å². The van der Waals surface area contributed by atoms with Crippen LogP contribution < -0.4 is 5.32 Å². The Kier molecular flexibility index (Phi) is 1.22. The maximum Gasteiger partial charge on any atom is 0.0880 e. The fourth-order valence-corrected chi connectivity index (χ4v) is 1.68. The molecule has 3 rings (SSSR count). The number of anilines is 1. The van der Waals surface area contributed by atoms with Crippen LogP contribution in [0.2, 0.25) is 0 Å². The van der Waals surface area contributed by atoms with Crippen LogP contribution in [0.3, 0.4) is 0 Å². The molecule has 3 heteroatoms. The number of hydrogen-bond acceptors (Lipinski definition) is 2. The number of nitrogens with one attached hydrogen (secondary N) is 1. The molecule has 1 aromatic carbocycles. The van der Waals surface area contributed by atoms with Crippen LogP contribution in [0.25, 0.3) is 5.69 Å². The molecule has 2 aromatic rings. The van der Waals surface area contributed by atoms with Crippen molar-refractivity contribution in [3.05, 3.63) is 42.2 Å². The van der Waals surface area contributed by atoms with Crippen LogP contribution >= 0.6 is 0 Å². The first-order chi connectivity index (χ1) is 6.45. The molecule has 0 saturated carbocycles. The van der Waals surface area contributed by atoms with Crippen molar-refractivity contribution < 1.29 is 0 Å². The third-order valence-corrected chi connectivity index (χ3v) is 2.31. The van der Waals surface area contributed by atoms with Crippen LogP contribution in [0.15, 0.2) is 36.5 Å². The van der Waals surface area contributed by atoms with Crippen LogP contribution in [0.4, 0.5) is 5.69 Å². The van der Waals surface area contributed by atoms with E-state index in [0.717, 1.165) is 17.9 Å². The number of aromatic nitrogens is 2. The van der Waals surface area contributed by atoms with E-state index in [0.29, 0.717) is 0 Å². The van der Waals surface area contributed by atoms with Crippen LogP contribution in [0.1, 0.15) is 5.69 Å². The van der Waals surface area contributed by atoms with E-state index in [1.165, 1.54) is 5.69 Å². The summed E-state index contributed by atoms with van der Waals surface area (Å²) in [6.45, 7) is 0.858. The van der Waals surface area contributed by atoms with Crippen molar-refractivity contribution in [3.8, 4) is 5.69 Å². The molecule has 0 fully saturated rings. The van der Waals surface area contributed by atoms with Gasteiger partial charge in [0, 0.05) is 6.20 Å². The van der Waals surface area contributed by atoms with Gasteiger partial charge >= 0.3 is 0 Å². The summed E-state index contributed by atoms with van der Waals surface area (Å²) in [6.07, 6.45) is 1.83. The van der Waals surface area contributed by atoms with Crippen LogP contribution in [0.5, 0.6) is 0 Å². The topological polar surface area (TPSA) is 29.9 Å². The zero-order chi connectivity index (χ0) is 8.67. The van der Waals surface area contributed by atoms with Crippen molar-refractivity contribution in [2.75, 3.05) is 5.32 Å². The maximum atomic E-state index is 4.27. The van der Waals surface area contributed by atoms with Gasteiger partial charge in [-0.25, -0.2) is 4.68 Å². The summed E-state index contributed by atoms with van der Waals surface area (Å²) in [5.74, 6) is 0. The fraction of sp³-hybridized carbons (Fsp3) is 0.100. The number of benzene rings is 1. The molecule has 13 heavy (non-hydrogen) atoms. The molecule has 1 aromatic heterocycles. The molecule has 1 N–H and O–H groups in total. The number of para-hydroxylation sites is 2. The highest BCUT2D eigenvalue weighted by Crippen LogP contribution is 2.25. The second-order valence-electron chi connectivity index (χ2n) is 3.11. The summed E-state index contributed by atoms with van der Waals surface area (Å²) in [5.41, 5.74) is 3.49. The largest absolute Gasteiger partial charge is 0.378 e. The minimum atomic E-state index is 0.858. The van der Waals surface area contributed by atoms with Crippen molar-refractivity contribution in [3.63, 3.8) is 0 Å². The third kappa shape index (κ3) is 0.869. The molecule has 3 nitrogen and oxygen atoms in total. The Morgan fingerprint density at radius 2 is 2.15 bits per heavy atom. The second kappa shape index (κ2) is 2.36. The Labute approximate surface area is 76.0 Å². The van der Waals surface area contributed by atoms with Gasteiger partial charge in [-0.3, -0.25) is 0 Å². The first kappa shape index (κ1) is 6.71. The van der Waals surface area contributed by atoms with Gasteiger partial charge in [-0.15, -0.1) is 0 Å². The molecular weight excluding hydrogens is 162 g/mol. The van der Waals surface area contributed by atoms with Gasteiger partial charge in [0.25, 0.3) is 0 Å². The molecule has 0 radical (unpaired) electrons. The number of rotatable bonds is 0. The zero-order valence-corrected chi connectivity index (χ0v) is 7.07. The quantitative estimate of drug-likeness (QED) is 0.655. The van der Waals surface area contributed by atoms with Gasteiger partial charge in [0.1, 0.15) is 0 Å². The molecule has 0 bridgehead atoms. The maximum absolute atomic E-state index is 4.27. The zero-order valence-electron chi connectivity index (χ0n) is 7.07. The third-order valence-electron chi connectivity index (χ3n) is 2.31. The van der Waals surface area contributed by atoms with Crippen LogP contribution in [0, 0.1) is 0 Å². The van der Waals surface area contributed by atoms with Gasteiger partial charge in [-0.05, 0) is 18.2 Å². The first-order valence-corrected chi connectivity index (χ1v) is 4.31. The Hall–Kier alpha value is -1.77. The van der Waals surface area contributed by atoms with Crippen molar-refractivity contribution in [2.24, 2.45) is 0 Å². The van der Waals surface area contributed by atoms with E-state index in [-0.39, 0.29) is 0 Å². The SMILES string of the molecule is c1ccc2c(c1)NCc1ccnn1-2. The van der Waals surface area contributed by atoms with Crippen molar-refractivity contribution in [1.29, 1.82) is 0 Å². The summed E-state index contributed by atoms with van der Waals surface area (Å²) >= 11 is 0.